The number of carbonyl (C=O) groups excluding carboxylic acids is 2. The van der Waals surface area contributed by atoms with E-state index in [1.54, 1.807) is 18.2 Å². The van der Waals surface area contributed by atoms with Crippen LogP contribution in [0.1, 0.15) is 33.2 Å². The zero-order valence-electron chi connectivity index (χ0n) is 8.37. The molecule has 1 aliphatic heterocycles. The summed E-state index contributed by atoms with van der Waals surface area (Å²) in [6.45, 7) is 2.71. The lowest BCUT2D eigenvalue weighted by atomic mass is 10.1. The highest BCUT2D eigenvalue weighted by molar-refractivity contribution is 5.98. The number of rotatable bonds is 2. The lowest BCUT2D eigenvalue weighted by Gasteiger charge is -2.02. The molecule has 1 N–H and O–H groups in total. The van der Waals surface area contributed by atoms with Gasteiger partial charge >= 0.3 is 5.97 Å². The number of hydrogen-bond donors (Lipinski definition) is 1. The van der Waals surface area contributed by atoms with Crippen LogP contribution in [0.25, 0.3) is 0 Å². The Labute approximate surface area is 87.2 Å². The molecule has 1 aromatic carbocycles. The number of carbonyl (C=O) groups is 2. The molecular weight excluding hydrogens is 194 g/mol. The van der Waals surface area contributed by atoms with E-state index >= 15 is 0 Å². The van der Waals surface area contributed by atoms with Gasteiger partial charge in [-0.3, -0.25) is 4.79 Å². The topological polar surface area (TPSA) is 55.4 Å². The van der Waals surface area contributed by atoms with Crippen molar-refractivity contribution in [3.63, 3.8) is 0 Å². The Hall–Kier alpha value is -1.84. The van der Waals surface area contributed by atoms with Crippen molar-refractivity contribution in [2.24, 2.45) is 0 Å². The summed E-state index contributed by atoms with van der Waals surface area (Å²) in [4.78, 5) is 22.6. The average molecular weight is 205 g/mol. The molecule has 0 spiro atoms. The van der Waals surface area contributed by atoms with Gasteiger partial charge in [-0.25, -0.2) is 4.79 Å². The number of cyclic esters (lactones) is 1. The maximum atomic E-state index is 11.5. The number of nitrogens with one attached hydrogen (secondary N) is 1. The molecule has 0 unspecified atom stereocenters. The first kappa shape index (κ1) is 9.71. The van der Waals surface area contributed by atoms with E-state index in [2.05, 4.69) is 5.32 Å². The summed E-state index contributed by atoms with van der Waals surface area (Å²) in [5, 5.41) is 2.70. The van der Waals surface area contributed by atoms with Crippen LogP contribution >= 0.6 is 0 Å². The molecule has 0 aliphatic carbocycles. The molecule has 0 bridgehead atoms. The Kier molecular flexibility index (Phi) is 2.41. The highest BCUT2D eigenvalue weighted by atomic mass is 16.5. The number of hydrogen-bond acceptors (Lipinski definition) is 3. The minimum atomic E-state index is -0.313. The Morgan fingerprint density at radius 3 is 3.07 bits per heavy atom. The third-order valence-corrected chi connectivity index (χ3v) is 2.28. The monoisotopic (exact) mass is 205 g/mol. The first-order chi connectivity index (χ1) is 7.22. The van der Waals surface area contributed by atoms with E-state index in [-0.39, 0.29) is 18.5 Å². The average Bonchev–Trinajstić information content (AvgIpc) is 2.60. The van der Waals surface area contributed by atoms with E-state index in [9.17, 15) is 9.59 Å². The summed E-state index contributed by atoms with van der Waals surface area (Å²) in [5.74, 6) is -0.438. The standard InChI is InChI=1S/C11H11NO3/c1-2-12-10(13)7-3-4-9-8(5-7)6-15-11(9)14/h3-5H,2,6H2,1H3,(H,12,13). The van der Waals surface area contributed by atoms with Crippen LogP contribution < -0.4 is 5.32 Å². The first-order valence-electron chi connectivity index (χ1n) is 4.80. The molecule has 0 aromatic heterocycles. The molecule has 1 heterocycles. The van der Waals surface area contributed by atoms with E-state index in [0.717, 1.165) is 5.56 Å². The van der Waals surface area contributed by atoms with Gasteiger partial charge in [0, 0.05) is 17.7 Å². The molecular formula is C11H11NO3. The number of amides is 1. The molecule has 0 fully saturated rings. The molecule has 4 heteroatoms. The molecule has 2 rings (SSSR count). The second-order valence-corrected chi connectivity index (χ2v) is 3.31. The molecule has 1 aliphatic rings. The maximum Gasteiger partial charge on any atom is 0.338 e. The Balaban J connectivity index is 2.30. The van der Waals surface area contributed by atoms with Gasteiger partial charge in [0.1, 0.15) is 6.61 Å². The fraction of sp³-hybridized carbons (Fsp3) is 0.273. The molecule has 15 heavy (non-hydrogen) atoms. The smallest absolute Gasteiger partial charge is 0.338 e. The highest BCUT2D eigenvalue weighted by Crippen LogP contribution is 2.20. The zero-order chi connectivity index (χ0) is 10.8. The van der Waals surface area contributed by atoms with Crippen molar-refractivity contribution >= 4 is 11.9 Å². The molecule has 0 saturated carbocycles. The Bertz CT molecular complexity index is 426. The van der Waals surface area contributed by atoms with E-state index in [0.29, 0.717) is 17.7 Å². The molecule has 78 valence electrons. The summed E-state index contributed by atoms with van der Waals surface area (Å²) in [5.41, 5.74) is 1.90. The summed E-state index contributed by atoms with van der Waals surface area (Å²) in [6, 6.07) is 4.97. The van der Waals surface area contributed by atoms with E-state index < -0.39 is 0 Å². The van der Waals surface area contributed by atoms with Crippen molar-refractivity contribution in [1.29, 1.82) is 0 Å². The second-order valence-electron chi connectivity index (χ2n) is 3.31. The van der Waals surface area contributed by atoms with Crippen molar-refractivity contribution in [2.75, 3.05) is 6.54 Å². The predicted molar refractivity (Wildman–Crippen MR) is 53.6 cm³/mol. The fourth-order valence-electron chi connectivity index (χ4n) is 1.54. The Morgan fingerprint density at radius 1 is 1.53 bits per heavy atom. The van der Waals surface area contributed by atoms with Crippen LogP contribution in [-0.2, 0) is 11.3 Å². The van der Waals surface area contributed by atoms with E-state index in [4.69, 9.17) is 4.74 Å². The van der Waals surface area contributed by atoms with Crippen LogP contribution in [0.3, 0.4) is 0 Å². The molecule has 0 radical (unpaired) electrons. The SMILES string of the molecule is CCNC(=O)c1ccc2c(c1)COC2=O. The second kappa shape index (κ2) is 3.73. The summed E-state index contributed by atoms with van der Waals surface area (Å²) >= 11 is 0. The maximum absolute atomic E-state index is 11.5. The lowest BCUT2D eigenvalue weighted by molar-refractivity contribution is 0.0535. The van der Waals surface area contributed by atoms with Gasteiger partial charge in [-0.15, -0.1) is 0 Å². The van der Waals surface area contributed by atoms with Gasteiger partial charge < -0.3 is 10.1 Å². The summed E-state index contributed by atoms with van der Waals surface area (Å²) in [6.07, 6.45) is 0. The zero-order valence-corrected chi connectivity index (χ0v) is 8.37. The number of esters is 1. The summed E-state index contributed by atoms with van der Waals surface area (Å²) in [7, 11) is 0. The summed E-state index contributed by atoms with van der Waals surface area (Å²) < 4.78 is 4.85. The van der Waals surface area contributed by atoms with Gasteiger partial charge in [0.05, 0.1) is 5.56 Å². The van der Waals surface area contributed by atoms with Gasteiger partial charge in [0.25, 0.3) is 5.91 Å². The van der Waals surface area contributed by atoms with Gasteiger partial charge in [0.2, 0.25) is 0 Å². The number of benzene rings is 1. The van der Waals surface area contributed by atoms with Gasteiger partial charge in [0.15, 0.2) is 0 Å². The lowest BCUT2D eigenvalue weighted by Crippen LogP contribution is -2.22. The predicted octanol–water partition coefficient (Wildman–Crippen LogP) is 1.11. The van der Waals surface area contributed by atoms with Crippen LogP contribution in [0.15, 0.2) is 18.2 Å². The fourth-order valence-corrected chi connectivity index (χ4v) is 1.54. The quantitative estimate of drug-likeness (QED) is 0.736. The normalized spacial score (nSPS) is 13.3. The van der Waals surface area contributed by atoms with Crippen LogP contribution in [-0.4, -0.2) is 18.4 Å². The Morgan fingerprint density at radius 2 is 2.33 bits per heavy atom. The molecule has 4 nitrogen and oxygen atoms in total. The van der Waals surface area contributed by atoms with Crippen molar-refractivity contribution in [3.05, 3.63) is 34.9 Å². The van der Waals surface area contributed by atoms with Gasteiger partial charge in [-0.2, -0.15) is 0 Å². The number of ether oxygens (including phenoxy) is 1. The molecule has 0 saturated heterocycles. The highest BCUT2D eigenvalue weighted by Gasteiger charge is 2.21. The first-order valence-corrected chi connectivity index (χ1v) is 4.80. The molecule has 0 atom stereocenters. The molecule has 1 aromatic rings. The van der Waals surface area contributed by atoms with Crippen molar-refractivity contribution in [3.8, 4) is 0 Å². The third kappa shape index (κ3) is 1.70. The van der Waals surface area contributed by atoms with E-state index in [1.165, 1.54) is 0 Å². The van der Waals surface area contributed by atoms with Crippen LogP contribution in [0, 0.1) is 0 Å². The van der Waals surface area contributed by atoms with Crippen LogP contribution in [0.4, 0.5) is 0 Å². The molecule has 1 amide bonds. The van der Waals surface area contributed by atoms with Crippen LogP contribution in [0.2, 0.25) is 0 Å². The van der Waals surface area contributed by atoms with Crippen molar-refractivity contribution in [1.82, 2.24) is 5.32 Å². The minimum Gasteiger partial charge on any atom is -0.457 e. The van der Waals surface area contributed by atoms with Crippen molar-refractivity contribution < 1.29 is 14.3 Å². The minimum absolute atomic E-state index is 0.125. The third-order valence-electron chi connectivity index (χ3n) is 2.28. The van der Waals surface area contributed by atoms with Crippen LogP contribution in [0.5, 0.6) is 0 Å². The van der Waals surface area contributed by atoms with Crippen molar-refractivity contribution in [2.45, 2.75) is 13.5 Å². The van der Waals surface area contributed by atoms with Gasteiger partial charge in [-0.1, -0.05) is 0 Å². The largest absolute Gasteiger partial charge is 0.457 e. The van der Waals surface area contributed by atoms with Gasteiger partial charge in [-0.05, 0) is 25.1 Å². The number of fused-ring (bicyclic) bond motifs is 1. The van der Waals surface area contributed by atoms with E-state index in [1.807, 2.05) is 6.92 Å².